The molecule has 1 unspecified atom stereocenters. The van der Waals surface area contributed by atoms with Crippen LogP contribution in [0.4, 0.5) is 11.4 Å². The number of nitrogens with one attached hydrogen (secondary N) is 2. The van der Waals surface area contributed by atoms with Crippen LogP contribution in [0.15, 0.2) is 18.2 Å². The Kier molecular flexibility index (Phi) is 3.66. The van der Waals surface area contributed by atoms with Crippen LogP contribution in [0.25, 0.3) is 0 Å². The van der Waals surface area contributed by atoms with Crippen molar-refractivity contribution in [2.45, 2.75) is 25.8 Å². The highest BCUT2D eigenvalue weighted by atomic mass is 16.6. The zero-order chi connectivity index (χ0) is 14.0. The number of nitrogen functional groups attached to an aromatic ring is 1. The van der Waals surface area contributed by atoms with Gasteiger partial charge in [0.15, 0.2) is 0 Å². The average Bonchev–Trinajstić information content (AvgIpc) is 3.21. The summed E-state index contributed by atoms with van der Waals surface area (Å²) in [5.41, 5.74) is 2.79. The Bertz CT molecular complexity index is 514. The summed E-state index contributed by atoms with van der Waals surface area (Å²) in [6, 6.07) is 4.02. The van der Waals surface area contributed by atoms with Crippen molar-refractivity contribution >= 4 is 17.3 Å². The fourth-order valence-corrected chi connectivity index (χ4v) is 1.96. The summed E-state index contributed by atoms with van der Waals surface area (Å²) in [4.78, 5) is 22.3. The van der Waals surface area contributed by atoms with Gasteiger partial charge in [0.25, 0.3) is 11.6 Å². The minimum atomic E-state index is -0.540. The Morgan fingerprint density at radius 1 is 1.53 bits per heavy atom. The fraction of sp³-hybridized carbons (Fsp3) is 0.417. The third kappa shape index (κ3) is 3.00. The van der Waals surface area contributed by atoms with E-state index in [0.29, 0.717) is 11.6 Å². The van der Waals surface area contributed by atoms with Gasteiger partial charge >= 0.3 is 0 Å². The van der Waals surface area contributed by atoms with Gasteiger partial charge in [-0.05, 0) is 31.7 Å². The Balaban J connectivity index is 2.22. The van der Waals surface area contributed by atoms with Gasteiger partial charge in [-0.1, -0.05) is 0 Å². The second-order valence-corrected chi connectivity index (χ2v) is 4.73. The third-order valence-corrected chi connectivity index (χ3v) is 3.30. The van der Waals surface area contributed by atoms with Gasteiger partial charge in [-0.2, -0.15) is 0 Å². The highest BCUT2D eigenvalue weighted by Crippen LogP contribution is 2.32. The number of hydrazine groups is 1. The maximum atomic E-state index is 12.1. The number of rotatable bonds is 5. The Morgan fingerprint density at radius 2 is 2.21 bits per heavy atom. The normalized spacial score (nSPS) is 15.7. The molecule has 1 saturated carbocycles. The molecule has 7 nitrogen and oxygen atoms in total. The molecule has 0 spiro atoms. The molecular formula is C12H16N4O3. The minimum Gasteiger partial charge on any atom is -0.349 e. The highest BCUT2D eigenvalue weighted by Gasteiger charge is 2.29. The second-order valence-electron chi connectivity index (χ2n) is 4.73. The molecule has 7 heteroatoms. The number of carbonyl (C=O) groups excluding carboxylic acids is 1. The van der Waals surface area contributed by atoms with E-state index in [9.17, 15) is 14.9 Å². The molecule has 1 amide bonds. The molecule has 0 bridgehead atoms. The summed E-state index contributed by atoms with van der Waals surface area (Å²) in [6.45, 7) is 1.93. The standard InChI is InChI=1S/C12H16N4O3/c1-7(8-2-3-8)14-12(17)10-6-9(16(18)19)4-5-11(10)15-13/h4-8,15H,2-3,13H2,1H3,(H,14,17). The maximum Gasteiger partial charge on any atom is 0.270 e. The summed E-state index contributed by atoms with van der Waals surface area (Å²) < 4.78 is 0. The molecule has 1 aliphatic carbocycles. The van der Waals surface area contributed by atoms with Crippen LogP contribution in [-0.4, -0.2) is 16.9 Å². The van der Waals surface area contributed by atoms with Gasteiger partial charge in [-0.15, -0.1) is 0 Å². The molecule has 0 saturated heterocycles. The number of benzene rings is 1. The lowest BCUT2D eigenvalue weighted by Gasteiger charge is -2.14. The molecule has 0 radical (unpaired) electrons. The fourth-order valence-electron chi connectivity index (χ4n) is 1.96. The smallest absolute Gasteiger partial charge is 0.270 e. The lowest BCUT2D eigenvalue weighted by Crippen LogP contribution is -2.34. The van der Waals surface area contributed by atoms with Crippen LogP contribution in [0, 0.1) is 16.0 Å². The van der Waals surface area contributed by atoms with Crippen LogP contribution in [-0.2, 0) is 0 Å². The molecule has 19 heavy (non-hydrogen) atoms. The third-order valence-electron chi connectivity index (χ3n) is 3.30. The maximum absolute atomic E-state index is 12.1. The topological polar surface area (TPSA) is 110 Å². The number of nitrogens with two attached hydrogens (primary N) is 1. The van der Waals surface area contributed by atoms with E-state index in [1.54, 1.807) is 0 Å². The van der Waals surface area contributed by atoms with Crippen LogP contribution in [0.1, 0.15) is 30.1 Å². The van der Waals surface area contributed by atoms with E-state index in [2.05, 4.69) is 10.7 Å². The molecule has 0 heterocycles. The predicted octanol–water partition coefficient (Wildman–Crippen LogP) is 1.41. The molecule has 4 N–H and O–H groups in total. The largest absolute Gasteiger partial charge is 0.349 e. The number of non-ortho nitro benzene ring substituents is 1. The quantitative estimate of drug-likeness (QED) is 0.423. The van der Waals surface area contributed by atoms with Crippen molar-refractivity contribution < 1.29 is 9.72 Å². The first kappa shape index (κ1) is 13.3. The molecular weight excluding hydrogens is 248 g/mol. The number of amides is 1. The molecule has 1 fully saturated rings. The number of carbonyl (C=O) groups is 1. The van der Waals surface area contributed by atoms with E-state index < -0.39 is 4.92 Å². The summed E-state index contributed by atoms with van der Waals surface area (Å²) >= 11 is 0. The SMILES string of the molecule is CC(NC(=O)c1cc([N+](=O)[O-])ccc1NN)C1CC1. The van der Waals surface area contributed by atoms with E-state index in [-0.39, 0.29) is 23.2 Å². The summed E-state index contributed by atoms with van der Waals surface area (Å²) in [7, 11) is 0. The van der Waals surface area contributed by atoms with Crippen LogP contribution in [0.2, 0.25) is 0 Å². The van der Waals surface area contributed by atoms with Gasteiger partial charge in [0.2, 0.25) is 0 Å². The molecule has 1 aromatic rings. The number of nitro benzene ring substituents is 1. The van der Waals surface area contributed by atoms with Crippen LogP contribution < -0.4 is 16.6 Å². The Morgan fingerprint density at radius 3 is 2.74 bits per heavy atom. The zero-order valence-electron chi connectivity index (χ0n) is 10.6. The predicted molar refractivity (Wildman–Crippen MR) is 70.6 cm³/mol. The average molecular weight is 264 g/mol. The minimum absolute atomic E-state index is 0.0670. The number of hydrogen-bond donors (Lipinski definition) is 3. The van der Waals surface area contributed by atoms with Crippen molar-refractivity contribution in [3.8, 4) is 0 Å². The van der Waals surface area contributed by atoms with E-state index in [1.165, 1.54) is 18.2 Å². The Labute approximate surface area is 110 Å². The van der Waals surface area contributed by atoms with Gasteiger partial charge in [-0.25, -0.2) is 0 Å². The van der Waals surface area contributed by atoms with Gasteiger partial charge in [0.1, 0.15) is 0 Å². The Hall–Kier alpha value is -2.15. The van der Waals surface area contributed by atoms with Crippen LogP contribution >= 0.6 is 0 Å². The van der Waals surface area contributed by atoms with E-state index in [1.807, 2.05) is 6.92 Å². The zero-order valence-corrected chi connectivity index (χ0v) is 10.6. The van der Waals surface area contributed by atoms with Gasteiger partial charge in [0.05, 0.1) is 16.2 Å². The summed E-state index contributed by atoms with van der Waals surface area (Å²) in [5, 5.41) is 13.6. The first-order chi connectivity index (χ1) is 9.02. The highest BCUT2D eigenvalue weighted by molar-refractivity contribution is 6.00. The molecule has 1 atom stereocenters. The molecule has 1 aliphatic rings. The molecule has 102 valence electrons. The van der Waals surface area contributed by atoms with E-state index in [0.717, 1.165) is 12.8 Å². The second kappa shape index (κ2) is 5.23. The van der Waals surface area contributed by atoms with Crippen LogP contribution in [0.5, 0.6) is 0 Å². The monoisotopic (exact) mass is 264 g/mol. The molecule has 0 aliphatic heterocycles. The van der Waals surface area contributed by atoms with Crippen molar-refractivity contribution in [1.29, 1.82) is 0 Å². The lowest BCUT2D eigenvalue weighted by atomic mass is 10.1. The number of hydrogen-bond acceptors (Lipinski definition) is 5. The van der Waals surface area contributed by atoms with Gasteiger partial charge < -0.3 is 10.7 Å². The number of nitro groups is 1. The first-order valence-corrected chi connectivity index (χ1v) is 6.09. The van der Waals surface area contributed by atoms with Gasteiger partial charge in [0, 0.05) is 18.2 Å². The van der Waals surface area contributed by atoms with Crippen molar-refractivity contribution in [1.82, 2.24) is 5.32 Å². The molecule has 1 aromatic carbocycles. The van der Waals surface area contributed by atoms with Gasteiger partial charge in [-0.3, -0.25) is 20.8 Å². The van der Waals surface area contributed by atoms with Crippen molar-refractivity contribution in [2.24, 2.45) is 11.8 Å². The number of nitrogens with zero attached hydrogens (tertiary/aromatic N) is 1. The van der Waals surface area contributed by atoms with Crippen molar-refractivity contribution in [2.75, 3.05) is 5.43 Å². The summed E-state index contributed by atoms with van der Waals surface area (Å²) in [6.07, 6.45) is 2.22. The van der Waals surface area contributed by atoms with Crippen molar-refractivity contribution in [3.63, 3.8) is 0 Å². The van der Waals surface area contributed by atoms with E-state index in [4.69, 9.17) is 5.84 Å². The lowest BCUT2D eigenvalue weighted by molar-refractivity contribution is -0.384. The first-order valence-electron chi connectivity index (χ1n) is 6.09. The number of anilines is 1. The van der Waals surface area contributed by atoms with E-state index >= 15 is 0 Å². The van der Waals surface area contributed by atoms with Crippen LogP contribution in [0.3, 0.4) is 0 Å². The molecule has 2 rings (SSSR count). The molecule has 0 aromatic heterocycles. The van der Waals surface area contributed by atoms with Crippen molar-refractivity contribution in [3.05, 3.63) is 33.9 Å². The summed E-state index contributed by atoms with van der Waals surface area (Å²) in [5.74, 6) is 5.48.